The van der Waals surface area contributed by atoms with Gasteiger partial charge in [0.05, 0.1) is 28.5 Å². The Labute approximate surface area is 207 Å². The fraction of sp³-hybridized carbons (Fsp3) is 0.259. The van der Waals surface area contributed by atoms with E-state index in [2.05, 4.69) is 6.92 Å². The monoisotopic (exact) mass is 487 g/mol. The van der Waals surface area contributed by atoms with Gasteiger partial charge in [-0.3, -0.25) is 24.5 Å². The lowest BCUT2D eigenvalue weighted by Crippen LogP contribution is -2.37. The molecule has 3 atom stereocenters. The number of unbranched alkanes of at least 4 members (excludes halogenated alkanes) is 1. The third-order valence-electron chi connectivity index (χ3n) is 6.44. The van der Waals surface area contributed by atoms with Crippen LogP contribution < -0.4 is 14.7 Å². The van der Waals surface area contributed by atoms with Crippen LogP contribution in [0.1, 0.15) is 31.4 Å². The molecule has 0 aromatic heterocycles. The van der Waals surface area contributed by atoms with Crippen LogP contribution in [-0.4, -0.2) is 29.4 Å². The molecule has 2 amide bonds. The number of anilines is 2. The molecule has 0 radical (unpaired) electrons. The van der Waals surface area contributed by atoms with Crippen LogP contribution in [0.5, 0.6) is 5.75 Å². The minimum absolute atomic E-state index is 0.139. The van der Waals surface area contributed by atoms with Crippen LogP contribution in [0.15, 0.2) is 78.9 Å². The smallest absolute Gasteiger partial charge is 0.274 e. The molecule has 0 bridgehead atoms. The third-order valence-corrected chi connectivity index (χ3v) is 6.44. The topological polar surface area (TPSA) is 102 Å². The zero-order valence-electron chi connectivity index (χ0n) is 19.7. The van der Waals surface area contributed by atoms with Crippen molar-refractivity contribution in [3.63, 3.8) is 0 Å². The number of carbonyl (C=O) groups excluding carboxylic acids is 2. The van der Waals surface area contributed by atoms with Crippen molar-refractivity contribution < 1.29 is 24.1 Å². The van der Waals surface area contributed by atoms with Crippen LogP contribution in [-0.2, 0) is 14.4 Å². The van der Waals surface area contributed by atoms with Gasteiger partial charge >= 0.3 is 0 Å². The first-order valence-corrected chi connectivity index (χ1v) is 11.9. The molecule has 0 unspecified atom stereocenters. The van der Waals surface area contributed by atoms with Gasteiger partial charge in [0, 0.05) is 6.07 Å². The Kier molecular flexibility index (Phi) is 6.39. The molecule has 2 fully saturated rings. The number of hydroxylamine groups is 1. The average molecular weight is 488 g/mol. The van der Waals surface area contributed by atoms with Crippen molar-refractivity contribution >= 4 is 28.9 Å². The second-order valence-corrected chi connectivity index (χ2v) is 8.68. The summed E-state index contributed by atoms with van der Waals surface area (Å²) in [5.74, 6) is -1.28. The van der Waals surface area contributed by atoms with E-state index in [-0.39, 0.29) is 5.69 Å². The van der Waals surface area contributed by atoms with Crippen LogP contribution in [0, 0.1) is 16.0 Å². The molecular formula is C27H25N3O6. The van der Waals surface area contributed by atoms with Crippen LogP contribution in [0.3, 0.4) is 0 Å². The Hall–Kier alpha value is -4.24. The van der Waals surface area contributed by atoms with Crippen molar-refractivity contribution in [1.82, 2.24) is 0 Å². The predicted octanol–water partition coefficient (Wildman–Crippen LogP) is 4.82. The van der Waals surface area contributed by atoms with Gasteiger partial charge in [0.2, 0.25) is 5.91 Å². The maximum Gasteiger partial charge on any atom is 0.274 e. The van der Waals surface area contributed by atoms with Crippen molar-refractivity contribution in [1.29, 1.82) is 0 Å². The molecule has 2 heterocycles. The Morgan fingerprint density at radius 3 is 2.31 bits per heavy atom. The summed E-state index contributed by atoms with van der Waals surface area (Å²) in [6.45, 7) is 2.66. The molecule has 2 saturated heterocycles. The van der Waals surface area contributed by atoms with Gasteiger partial charge in [-0.25, -0.2) is 9.96 Å². The minimum atomic E-state index is -1.11. The van der Waals surface area contributed by atoms with E-state index in [9.17, 15) is 19.7 Å². The molecule has 2 aliphatic rings. The van der Waals surface area contributed by atoms with E-state index < -0.39 is 34.8 Å². The van der Waals surface area contributed by atoms with E-state index in [1.165, 1.54) is 11.1 Å². The number of fused-ring (bicyclic) bond motifs is 1. The van der Waals surface area contributed by atoms with Crippen LogP contribution in [0.2, 0.25) is 0 Å². The highest BCUT2D eigenvalue weighted by Crippen LogP contribution is 2.49. The summed E-state index contributed by atoms with van der Waals surface area (Å²) < 4.78 is 5.68. The number of para-hydroxylation sites is 2. The van der Waals surface area contributed by atoms with Crippen LogP contribution in [0.25, 0.3) is 0 Å². The highest BCUT2D eigenvalue weighted by molar-refractivity contribution is 6.24. The molecule has 0 aliphatic carbocycles. The second kappa shape index (κ2) is 9.79. The number of ether oxygens (including phenoxy) is 1. The van der Waals surface area contributed by atoms with E-state index in [1.807, 2.05) is 6.07 Å². The summed E-state index contributed by atoms with van der Waals surface area (Å²) in [6.07, 6.45) is 0.831. The summed E-state index contributed by atoms with van der Waals surface area (Å²) >= 11 is 0. The molecular weight excluding hydrogens is 462 g/mol. The Morgan fingerprint density at radius 1 is 0.917 bits per heavy atom. The van der Waals surface area contributed by atoms with Gasteiger partial charge in [0.1, 0.15) is 17.7 Å². The van der Waals surface area contributed by atoms with E-state index >= 15 is 0 Å². The number of benzene rings is 3. The van der Waals surface area contributed by atoms with E-state index in [4.69, 9.17) is 9.57 Å². The van der Waals surface area contributed by atoms with Gasteiger partial charge in [0.25, 0.3) is 11.6 Å². The lowest BCUT2D eigenvalue weighted by molar-refractivity contribution is -0.385. The number of rotatable bonds is 8. The molecule has 0 saturated carbocycles. The molecule has 5 rings (SSSR count). The summed E-state index contributed by atoms with van der Waals surface area (Å²) in [4.78, 5) is 45.7. The number of carbonyl (C=O) groups is 2. The van der Waals surface area contributed by atoms with E-state index in [0.29, 0.717) is 29.3 Å². The van der Waals surface area contributed by atoms with Crippen molar-refractivity contribution in [3.8, 4) is 5.75 Å². The molecule has 0 spiro atoms. The number of hydrogen-bond donors (Lipinski definition) is 0. The Morgan fingerprint density at radius 2 is 1.61 bits per heavy atom. The van der Waals surface area contributed by atoms with E-state index in [1.54, 1.807) is 66.7 Å². The molecule has 2 aliphatic heterocycles. The Balaban J connectivity index is 1.51. The van der Waals surface area contributed by atoms with Crippen molar-refractivity contribution in [2.45, 2.75) is 31.9 Å². The molecule has 9 heteroatoms. The van der Waals surface area contributed by atoms with Crippen LogP contribution >= 0.6 is 0 Å². The molecule has 3 aromatic carbocycles. The highest BCUT2D eigenvalue weighted by Gasteiger charge is 2.61. The standard InChI is InChI=1S/C27H25N3O6/c1-2-3-17-35-20-15-13-18(14-16-20)28-26(31)23-24(21-11-7-8-12-22(21)30(33)34)29(36-25(23)27(28)32)19-9-5-4-6-10-19/h4-16,23-25H,2-3,17H2,1H3/t23-,24-,25+/m1/s1. The lowest BCUT2D eigenvalue weighted by atomic mass is 9.89. The molecule has 9 nitrogen and oxygen atoms in total. The number of nitro benzene ring substituents is 1. The summed E-state index contributed by atoms with van der Waals surface area (Å²) in [7, 11) is 0. The first-order chi connectivity index (χ1) is 17.5. The quantitative estimate of drug-likeness (QED) is 0.194. The van der Waals surface area contributed by atoms with Crippen LogP contribution in [0.4, 0.5) is 17.1 Å². The highest BCUT2D eigenvalue weighted by atomic mass is 16.7. The van der Waals surface area contributed by atoms with Gasteiger partial charge in [-0.05, 0) is 48.9 Å². The van der Waals surface area contributed by atoms with E-state index in [0.717, 1.165) is 17.7 Å². The number of nitro groups is 1. The van der Waals surface area contributed by atoms with Crippen molar-refractivity contribution in [3.05, 3.63) is 94.5 Å². The Bertz CT molecular complexity index is 1280. The van der Waals surface area contributed by atoms with Crippen molar-refractivity contribution in [2.24, 2.45) is 5.92 Å². The molecule has 36 heavy (non-hydrogen) atoms. The third kappa shape index (κ3) is 4.07. The van der Waals surface area contributed by atoms with Gasteiger partial charge in [-0.15, -0.1) is 0 Å². The minimum Gasteiger partial charge on any atom is -0.494 e. The second-order valence-electron chi connectivity index (χ2n) is 8.68. The maximum absolute atomic E-state index is 13.7. The molecule has 184 valence electrons. The van der Waals surface area contributed by atoms with Gasteiger partial charge < -0.3 is 4.74 Å². The fourth-order valence-corrected chi connectivity index (χ4v) is 4.71. The number of nitrogens with zero attached hydrogens (tertiary/aromatic N) is 3. The summed E-state index contributed by atoms with van der Waals surface area (Å²) in [5.41, 5.74) is 1.16. The number of imide groups is 1. The predicted molar refractivity (Wildman–Crippen MR) is 132 cm³/mol. The summed E-state index contributed by atoms with van der Waals surface area (Å²) in [6, 6.07) is 21.1. The first-order valence-electron chi connectivity index (χ1n) is 11.9. The zero-order chi connectivity index (χ0) is 25.2. The van der Waals surface area contributed by atoms with Gasteiger partial charge in [-0.2, -0.15) is 0 Å². The largest absolute Gasteiger partial charge is 0.494 e. The normalized spacial score (nSPS) is 21.1. The summed E-state index contributed by atoms with van der Waals surface area (Å²) in [5, 5.41) is 13.3. The maximum atomic E-state index is 13.7. The number of amides is 2. The first kappa shape index (κ1) is 23.5. The van der Waals surface area contributed by atoms with Crippen molar-refractivity contribution in [2.75, 3.05) is 16.6 Å². The van der Waals surface area contributed by atoms with Gasteiger partial charge in [-0.1, -0.05) is 43.7 Å². The zero-order valence-corrected chi connectivity index (χ0v) is 19.7. The number of hydrogen-bond acceptors (Lipinski definition) is 7. The molecule has 0 N–H and O–H groups in total. The molecule has 3 aromatic rings. The lowest BCUT2D eigenvalue weighted by Gasteiger charge is -2.28. The fourth-order valence-electron chi connectivity index (χ4n) is 4.71. The van der Waals surface area contributed by atoms with Gasteiger partial charge in [0.15, 0.2) is 6.10 Å². The SMILES string of the molecule is CCCCOc1ccc(N2C(=O)[C@H]3[C@H](ON(c4ccccc4)[C@@H]3c3ccccc3[N+](=O)[O-])C2=O)cc1. The average Bonchev–Trinajstić information content (AvgIpc) is 3.41.